The number of carbonyl (C=O) groups excluding carboxylic acids is 2. The largest absolute Gasteiger partial charge is 0.497 e. The molecule has 1 heterocycles. The summed E-state index contributed by atoms with van der Waals surface area (Å²) in [6.07, 6.45) is 6.06. The lowest BCUT2D eigenvalue weighted by Gasteiger charge is -2.31. The molecule has 10 heteroatoms. The van der Waals surface area contributed by atoms with Gasteiger partial charge < -0.3 is 20.1 Å². The maximum atomic E-state index is 12.8. The molecule has 192 valence electrons. The number of ether oxygens (including phenoxy) is 1. The molecule has 1 fully saturated rings. The van der Waals surface area contributed by atoms with Crippen LogP contribution in [-0.2, 0) is 20.8 Å². The number of likely N-dealkylation sites (tertiary alicyclic amines) is 1. The van der Waals surface area contributed by atoms with Crippen molar-refractivity contribution in [3.63, 3.8) is 0 Å². The summed E-state index contributed by atoms with van der Waals surface area (Å²) in [5, 5.41) is 13.1. The number of hydrogen-bond donors (Lipinski definition) is 2. The second kappa shape index (κ2) is 13.0. The van der Waals surface area contributed by atoms with Crippen LogP contribution in [0.5, 0.6) is 5.75 Å². The lowest BCUT2D eigenvalue weighted by atomic mass is 9.95. The molecule has 2 aromatic rings. The number of carboxylic acid groups (broad SMARTS) is 1. The van der Waals surface area contributed by atoms with Gasteiger partial charge in [-0.2, -0.15) is 0 Å². The van der Waals surface area contributed by atoms with E-state index in [2.05, 4.69) is 5.32 Å². The van der Waals surface area contributed by atoms with Gasteiger partial charge in [0.1, 0.15) is 11.8 Å². The number of carboxylic acids is 1. The van der Waals surface area contributed by atoms with E-state index in [1.165, 1.54) is 17.8 Å². The zero-order valence-electron chi connectivity index (χ0n) is 20.0. The maximum Gasteiger partial charge on any atom is 0.326 e. The second-order valence-corrected chi connectivity index (χ2v) is 9.97. The molecule has 0 aliphatic carbocycles. The molecule has 0 radical (unpaired) electrons. The number of thioether (sulfide) groups is 1. The average molecular weight is 551 g/mol. The van der Waals surface area contributed by atoms with E-state index < -0.39 is 12.0 Å². The predicted molar refractivity (Wildman–Crippen MR) is 143 cm³/mol. The SMILES string of the molecule is COc1ccc(CC(NC(=O)C2CCN(C(=O)C=Cc3ccc(SC)c(Cl)c3Cl)CC2)C(=O)O)cc1. The van der Waals surface area contributed by atoms with Gasteiger partial charge in [-0.15, -0.1) is 11.8 Å². The minimum atomic E-state index is -1.10. The van der Waals surface area contributed by atoms with Gasteiger partial charge in [-0.25, -0.2) is 4.79 Å². The number of hydrogen-bond acceptors (Lipinski definition) is 5. The number of amides is 2. The molecule has 7 nitrogen and oxygen atoms in total. The van der Waals surface area contributed by atoms with E-state index in [4.69, 9.17) is 27.9 Å². The summed E-state index contributed by atoms with van der Waals surface area (Å²) in [4.78, 5) is 39.7. The van der Waals surface area contributed by atoms with Crippen molar-refractivity contribution in [2.45, 2.75) is 30.2 Å². The van der Waals surface area contributed by atoms with Gasteiger partial charge in [0.15, 0.2) is 0 Å². The van der Waals surface area contributed by atoms with Gasteiger partial charge in [0.05, 0.1) is 17.2 Å². The number of methoxy groups -OCH3 is 1. The van der Waals surface area contributed by atoms with E-state index in [0.717, 1.165) is 10.5 Å². The third kappa shape index (κ3) is 7.18. The Kier molecular flexibility index (Phi) is 10.1. The van der Waals surface area contributed by atoms with Gasteiger partial charge in [-0.05, 0) is 54.5 Å². The highest BCUT2D eigenvalue weighted by Gasteiger charge is 2.29. The maximum absolute atomic E-state index is 12.8. The zero-order valence-corrected chi connectivity index (χ0v) is 22.3. The van der Waals surface area contributed by atoms with E-state index in [9.17, 15) is 19.5 Å². The van der Waals surface area contributed by atoms with Crippen molar-refractivity contribution < 1.29 is 24.2 Å². The monoisotopic (exact) mass is 550 g/mol. The standard InChI is InChI=1S/C26H28Cl2N2O5S/c1-35-19-7-3-16(4-8-19)15-20(26(33)34)29-25(32)18-11-13-30(14-12-18)22(31)10-6-17-5-9-21(36-2)24(28)23(17)27/h3-10,18,20H,11-15H2,1-2H3,(H,29,32)(H,33,34). The summed E-state index contributed by atoms with van der Waals surface area (Å²) in [6.45, 7) is 0.800. The van der Waals surface area contributed by atoms with E-state index in [1.807, 2.05) is 18.4 Å². The summed E-state index contributed by atoms with van der Waals surface area (Å²) >= 11 is 14.1. The third-order valence-electron chi connectivity index (χ3n) is 6.09. The highest BCUT2D eigenvalue weighted by molar-refractivity contribution is 7.98. The van der Waals surface area contributed by atoms with Crippen LogP contribution >= 0.6 is 35.0 Å². The molecule has 1 unspecified atom stereocenters. The van der Waals surface area contributed by atoms with Crippen LogP contribution in [0.25, 0.3) is 6.08 Å². The molecule has 36 heavy (non-hydrogen) atoms. The Morgan fingerprint density at radius 2 is 1.81 bits per heavy atom. The molecule has 0 spiro atoms. The summed E-state index contributed by atoms with van der Waals surface area (Å²) in [7, 11) is 1.56. The molecule has 0 bridgehead atoms. The Balaban J connectivity index is 1.53. The van der Waals surface area contributed by atoms with Gasteiger partial charge in [-0.1, -0.05) is 41.4 Å². The molecule has 3 rings (SSSR count). The number of rotatable bonds is 9. The lowest BCUT2D eigenvalue weighted by Crippen LogP contribution is -2.48. The minimum Gasteiger partial charge on any atom is -0.497 e. The van der Waals surface area contributed by atoms with Crippen molar-refractivity contribution in [1.82, 2.24) is 10.2 Å². The number of piperidine rings is 1. The fraction of sp³-hybridized carbons (Fsp3) is 0.346. The first-order valence-electron chi connectivity index (χ1n) is 11.4. The van der Waals surface area contributed by atoms with Crippen LogP contribution in [0.3, 0.4) is 0 Å². The molecule has 2 N–H and O–H groups in total. The molecule has 2 amide bonds. The van der Waals surface area contributed by atoms with E-state index in [-0.39, 0.29) is 24.2 Å². The van der Waals surface area contributed by atoms with Crippen LogP contribution < -0.4 is 10.1 Å². The smallest absolute Gasteiger partial charge is 0.326 e. The zero-order chi connectivity index (χ0) is 26.2. The topological polar surface area (TPSA) is 95.9 Å². The van der Waals surface area contributed by atoms with Crippen molar-refractivity contribution in [3.8, 4) is 5.75 Å². The highest BCUT2D eigenvalue weighted by atomic mass is 35.5. The van der Waals surface area contributed by atoms with E-state index in [1.54, 1.807) is 42.4 Å². The Morgan fingerprint density at radius 1 is 1.14 bits per heavy atom. The van der Waals surface area contributed by atoms with Crippen LogP contribution in [0.15, 0.2) is 47.4 Å². The molecule has 2 aromatic carbocycles. The highest BCUT2D eigenvalue weighted by Crippen LogP contribution is 2.35. The van der Waals surface area contributed by atoms with E-state index >= 15 is 0 Å². The van der Waals surface area contributed by atoms with Gasteiger partial charge >= 0.3 is 5.97 Å². The fourth-order valence-corrected chi connectivity index (χ4v) is 5.12. The quantitative estimate of drug-likeness (QED) is 0.344. The summed E-state index contributed by atoms with van der Waals surface area (Å²) in [6, 6.07) is 9.67. The average Bonchev–Trinajstić information content (AvgIpc) is 2.89. The summed E-state index contributed by atoms with van der Waals surface area (Å²) < 4.78 is 5.12. The van der Waals surface area contributed by atoms with Crippen LogP contribution in [-0.4, -0.2) is 60.3 Å². The van der Waals surface area contributed by atoms with Gasteiger partial charge in [-0.3, -0.25) is 9.59 Å². The van der Waals surface area contributed by atoms with Crippen LogP contribution in [0.4, 0.5) is 0 Å². The van der Waals surface area contributed by atoms with Crippen molar-refractivity contribution in [2.75, 3.05) is 26.5 Å². The van der Waals surface area contributed by atoms with Gasteiger partial charge in [0.25, 0.3) is 0 Å². The molecule has 1 atom stereocenters. The fourth-order valence-electron chi connectivity index (χ4n) is 3.95. The molecule has 1 saturated heterocycles. The molecular weight excluding hydrogens is 523 g/mol. The lowest BCUT2D eigenvalue weighted by molar-refractivity contribution is -0.142. The first-order valence-corrected chi connectivity index (χ1v) is 13.4. The molecule has 0 aromatic heterocycles. The van der Waals surface area contributed by atoms with Crippen LogP contribution in [0.2, 0.25) is 10.0 Å². The Morgan fingerprint density at radius 3 is 2.39 bits per heavy atom. The van der Waals surface area contributed by atoms with Crippen molar-refractivity contribution in [1.29, 1.82) is 0 Å². The number of benzene rings is 2. The van der Waals surface area contributed by atoms with Crippen LogP contribution in [0.1, 0.15) is 24.0 Å². The Hall–Kier alpha value is -2.68. The number of nitrogens with zero attached hydrogens (tertiary/aromatic N) is 1. The van der Waals surface area contributed by atoms with Crippen molar-refractivity contribution >= 4 is 58.8 Å². The Bertz CT molecular complexity index is 1130. The number of halogens is 2. The van der Waals surface area contributed by atoms with Gasteiger partial charge in [0, 0.05) is 36.4 Å². The first-order chi connectivity index (χ1) is 17.2. The Labute approximate surface area is 224 Å². The van der Waals surface area contributed by atoms with Gasteiger partial charge in [0.2, 0.25) is 11.8 Å². The molecular formula is C26H28Cl2N2O5S. The summed E-state index contributed by atoms with van der Waals surface area (Å²) in [5.74, 6) is -1.28. The summed E-state index contributed by atoms with van der Waals surface area (Å²) in [5.41, 5.74) is 1.43. The van der Waals surface area contributed by atoms with Crippen molar-refractivity contribution in [3.05, 3.63) is 63.6 Å². The number of aliphatic carboxylic acids is 1. The molecule has 0 saturated carbocycles. The third-order valence-corrected chi connectivity index (χ3v) is 7.88. The van der Waals surface area contributed by atoms with Crippen molar-refractivity contribution in [2.24, 2.45) is 5.92 Å². The van der Waals surface area contributed by atoms with E-state index in [0.29, 0.717) is 47.3 Å². The second-order valence-electron chi connectivity index (χ2n) is 8.37. The molecule has 1 aliphatic heterocycles. The molecule has 1 aliphatic rings. The normalized spacial score (nSPS) is 15.1. The predicted octanol–water partition coefficient (Wildman–Crippen LogP) is 4.79. The number of carbonyl (C=O) groups is 3. The minimum absolute atomic E-state index is 0.164. The first kappa shape index (κ1) is 27.9. The van der Waals surface area contributed by atoms with Crippen LogP contribution in [0, 0.1) is 5.92 Å². The number of nitrogens with one attached hydrogen (secondary N) is 1.